The third-order valence-electron chi connectivity index (χ3n) is 2.16. The third kappa shape index (κ3) is 3.86. The summed E-state index contributed by atoms with van der Waals surface area (Å²) in [4.78, 5) is 10.9. The Labute approximate surface area is 99.3 Å². The number of aromatic nitrogens is 2. The summed E-state index contributed by atoms with van der Waals surface area (Å²) in [5.41, 5.74) is 6.79. The van der Waals surface area contributed by atoms with Crippen molar-refractivity contribution in [3.63, 3.8) is 0 Å². The monoisotopic (exact) mass is 243 g/mol. The molecule has 0 bridgehead atoms. The number of carbonyl (C=O) groups excluding carboxylic acids is 1. The van der Waals surface area contributed by atoms with Crippen LogP contribution in [0, 0.1) is 0 Å². The Kier molecular flexibility index (Phi) is 5.34. The van der Waals surface area contributed by atoms with E-state index >= 15 is 0 Å². The van der Waals surface area contributed by atoms with Gasteiger partial charge in [-0.25, -0.2) is 0 Å². The van der Waals surface area contributed by atoms with E-state index in [2.05, 4.69) is 9.84 Å². The fourth-order valence-corrected chi connectivity index (χ4v) is 2.31. The average molecular weight is 243 g/mol. The number of aryl methyl sites for hydroxylation is 1. The summed E-state index contributed by atoms with van der Waals surface area (Å²) in [5.74, 6) is 0.526. The van der Waals surface area contributed by atoms with Gasteiger partial charge in [-0.3, -0.25) is 9.48 Å². The highest BCUT2D eigenvalue weighted by molar-refractivity contribution is 7.99. The number of nitrogens with zero attached hydrogens (tertiary/aromatic N) is 2. The minimum absolute atomic E-state index is 0.186. The molecule has 90 valence electrons. The molecule has 0 radical (unpaired) electrons. The van der Waals surface area contributed by atoms with Gasteiger partial charge in [0.15, 0.2) is 0 Å². The first-order valence-electron chi connectivity index (χ1n) is 5.04. The van der Waals surface area contributed by atoms with Crippen LogP contribution in [0.15, 0.2) is 12.4 Å². The van der Waals surface area contributed by atoms with Gasteiger partial charge in [-0.1, -0.05) is 0 Å². The molecule has 0 amide bonds. The number of carbonyl (C=O) groups is 1. The van der Waals surface area contributed by atoms with Crippen molar-refractivity contribution >= 4 is 17.7 Å². The molecule has 1 unspecified atom stereocenters. The van der Waals surface area contributed by atoms with Gasteiger partial charge in [-0.05, 0) is 0 Å². The molecule has 0 aliphatic rings. The highest BCUT2D eigenvalue weighted by atomic mass is 32.2. The second-order valence-electron chi connectivity index (χ2n) is 3.37. The van der Waals surface area contributed by atoms with Crippen LogP contribution in [-0.2, 0) is 16.6 Å². The molecule has 2 N–H and O–H groups in total. The normalized spacial score (nSPS) is 12.4. The summed E-state index contributed by atoms with van der Waals surface area (Å²) in [5, 5.41) is 4.29. The molecule has 0 aliphatic heterocycles. The van der Waals surface area contributed by atoms with Crippen molar-refractivity contribution in [2.24, 2.45) is 12.8 Å². The van der Waals surface area contributed by atoms with Crippen LogP contribution in [0.4, 0.5) is 0 Å². The number of hydrogen-bond acceptors (Lipinski definition) is 5. The van der Waals surface area contributed by atoms with Gasteiger partial charge < -0.3 is 10.5 Å². The number of thioether (sulfide) groups is 1. The van der Waals surface area contributed by atoms with E-state index in [0.29, 0.717) is 18.7 Å². The van der Waals surface area contributed by atoms with Crippen LogP contribution in [-0.4, -0.2) is 35.2 Å². The van der Waals surface area contributed by atoms with Crippen molar-refractivity contribution in [2.45, 2.75) is 11.7 Å². The quantitative estimate of drug-likeness (QED) is 0.745. The number of hydrogen-bond donors (Lipinski definition) is 1. The van der Waals surface area contributed by atoms with Crippen molar-refractivity contribution in [1.82, 2.24) is 9.78 Å². The molecule has 0 aromatic carbocycles. The molecular formula is C10H17N3O2S. The lowest BCUT2D eigenvalue weighted by Crippen LogP contribution is -2.10. The lowest BCUT2D eigenvalue weighted by Gasteiger charge is -2.11. The Morgan fingerprint density at radius 1 is 1.75 bits per heavy atom. The molecule has 0 fully saturated rings. The SMILES string of the molecule is COC(=O)CCSC(CN)c1cnn(C)c1. The topological polar surface area (TPSA) is 70.1 Å². The first-order valence-corrected chi connectivity index (χ1v) is 6.09. The maximum Gasteiger partial charge on any atom is 0.306 e. The Morgan fingerprint density at radius 3 is 3.00 bits per heavy atom. The van der Waals surface area contributed by atoms with E-state index in [1.807, 2.05) is 19.4 Å². The highest BCUT2D eigenvalue weighted by Gasteiger charge is 2.12. The van der Waals surface area contributed by atoms with Crippen molar-refractivity contribution in [3.8, 4) is 0 Å². The summed E-state index contributed by atoms with van der Waals surface area (Å²) in [6.07, 6.45) is 4.17. The second-order valence-corrected chi connectivity index (χ2v) is 4.68. The van der Waals surface area contributed by atoms with E-state index in [1.165, 1.54) is 7.11 Å². The zero-order chi connectivity index (χ0) is 12.0. The number of ether oxygens (including phenoxy) is 1. The van der Waals surface area contributed by atoms with E-state index in [4.69, 9.17) is 5.73 Å². The van der Waals surface area contributed by atoms with Gasteiger partial charge in [-0.2, -0.15) is 16.9 Å². The molecule has 1 heterocycles. The van der Waals surface area contributed by atoms with Crippen LogP contribution < -0.4 is 5.73 Å². The maximum absolute atomic E-state index is 10.9. The summed E-state index contributed by atoms with van der Waals surface area (Å²) < 4.78 is 6.32. The maximum atomic E-state index is 10.9. The van der Waals surface area contributed by atoms with Gasteiger partial charge in [-0.15, -0.1) is 0 Å². The van der Waals surface area contributed by atoms with E-state index in [0.717, 1.165) is 5.56 Å². The summed E-state index contributed by atoms with van der Waals surface area (Å²) in [7, 11) is 3.27. The van der Waals surface area contributed by atoms with Crippen LogP contribution in [0.1, 0.15) is 17.2 Å². The molecule has 16 heavy (non-hydrogen) atoms. The van der Waals surface area contributed by atoms with Crippen LogP contribution in [0.5, 0.6) is 0 Å². The van der Waals surface area contributed by atoms with Crippen molar-refractivity contribution in [1.29, 1.82) is 0 Å². The fraction of sp³-hybridized carbons (Fsp3) is 0.600. The average Bonchev–Trinajstić information content (AvgIpc) is 2.70. The minimum Gasteiger partial charge on any atom is -0.469 e. The van der Waals surface area contributed by atoms with Gasteiger partial charge in [0.1, 0.15) is 0 Å². The van der Waals surface area contributed by atoms with Gasteiger partial charge >= 0.3 is 5.97 Å². The predicted octanol–water partition coefficient (Wildman–Crippen LogP) is 0.716. The molecule has 0 saturated heterocycles. The van der Waals surface area contributed by atoms with Gasteiger partial charge in [0.25, 0.3) is 0 Å². The first-order chi connectivity index (χ1) is 7.67. The number of methoxy groups -OCH3 is 1. The molecule has 1 rings (SSSR count). The Balaban J connectivity index is 2.41. The van der Waals surface area contributed by atoms with Gasteiger partial charge in [0, 0.05) is 36.4 Å². The Bertz CT molecular complexity index is 341. The molecular weight excluding hydrogens is 226 g/mol. The number of rotatable bonds is 6. The van der Waals surface area contributed by atoms with E-state index < -0.39 is 0 Å². The summed E-state index contributed by atoms with van der Waals surface area (Å²) in [6, 6.07) is 0. The highest BCUT2D eigenvalue weighted by Crippen LogP contribution is 2.27. The lowest BCUT2D eigenvalue weighted by atomic mass is 10.2. The van der Waals surface area contributed by atoms with Crippen molar-refractivity contribution in [2.75, 3.05) is 19.4 Å². The van der Waals surface area contributed by atoms with E-state index in [-0.39, 0.29) is 11.2 Å². The predicted molar refractivity (Wildman–Crippen MR) is 64.1 cm³/mol. The lowest BCUT2D eigenvalue weighted by molar-refractivity contribution is -0.140. The first kappa shape index (κ1) is 13.1. The van der Waals surface area contributed by atoms with Crippen LogP contribution in [0.25, 0.3) is 0 Å². The van der Waals surface area contributed by atoms with Gasteiger partial charge in [0.2, 0.25) is 0 Å². The molecule has 0 spiro atoms. The standard InChI is InChI=1S/C10H17N3O2S/c1-13-7-8(6-12-13)9(5-11)16-4-3-10(14)15-2/h6-7,9H,3-5,11H2,1-2H3. The van der Waals surface area contributed by atoms with Crippen molar-refractivity contribution < 1.29 is 9.53 Å². The van der Waals surface area contributed by atoms with E-state index in [1.54, 1.807) is 16.4 Å². The Morgan fingerprint density at radius 2 is 2.50 bits per heavy atom. The van der Waals surface area contributed by atoms with E-state index in [9.17, 15) is 4.79 Å². The van der Waals surface area contributed by atoms with Crippen LogP contribution in [0.2, 0.25) is 0 Å². The second kappa shape index (κ2) is 6.55. The smallest absolute Gasteiger partial charge is 0.306 e. The third-order valence-corrected chi connectivity index (χ3v) is 3.47. The minimum atomic E-state index is -0.186. The largest absolute Gasteiger partial charge is 0.469 e. The summed E-state index contributed by atoms with van der Waals surface area (Å²) in [6.45, 7) is 0.539. The Hall–Kier alpha value is -1.01. The molecule has 1 aromatic heterocycles. The van der Waals surface area contributed by atoms with Gasteiger partial charge in [0.05, 0.1) is 19.7 Å². The zero-order valence-corrected chi connectivity index (χ0v) is 10.4. The van der Waals surface area contributed by atoms with Crippen molar-refractivity contribution in [3.05, 3.63) is 18.0 Å². The summed E-state index contributed by atoms with van der Waals surface area (Å²) >= 11 is 1.65. The number of esters is 1. The molecule has 0 aliphatic carbocycles. The van der Waals surface area contributed by atoms with Crippen LogP contribution in [0.3, 0.4) is 0 Å². The van der Waals surface area contributed by atoms with Crippen LogP contribution >= 0.6 is 11.8 Å². The molecule has 1 aromatic rings. The zero-order valence-electron chi connectivity index (χ0n) is 9.55. The molecule has 0 saturated carbocycles. The fourth-order valence-electron chi connectivity index (χ4n) is 1.29. The molecule has 5 nitrogen and oxygen atoms in total. The number of nitrogens with two attached hydrogens (primary N) is 1. The molecule has 6 heteroatoms. The molecule has 1 atom stereocenters.